The van der Waals surface area contributed by atoms with Gasteiger partial charge in [-0.25, -0.2) is 4.39 Å². The molecule has 0 bridgehead atoms. The van der Waals surface area contributed by atoms with Gasteiger partial charge in [0.1, 0.15) is 19.0 Å². The van der Waals surface area contributed by atoms with Crippen LogP contribution in [0.4, 0.5) is 4.39 Å². The van der Waals surface area contributed by atoms with Gasteiger partial charge < -0.3 is 9.47 Å². The van der Waals surface area contributed by atoms with Gasteiger partial charge in [-0.2, -0.15) is 0 Å². The fourth-order valence-corrected chi connectivity index (χ4v) is 2.54. The quantitative estimate of drug-likeness (QED) is 0.766. The first kappa shape index (κ1) is 16.3. The van der Waals surface area contributed by atoms with Crippen LogP contribution >= 0.6 is 15.9 Å². The van der Waals surface area contributed by atoms with Gasteiger partial charge in [-0.05, 0) is 52.3 Å². The molecule has 1 aliphatic heterocycles. The molecule has 0 aliphatic carbocycles. The van der Waals surface area contributed by atoms with Crippen molar-refractivity contribution in [2.75, 3.05) is 13.2 Å². The summed E-state index contributed by atoms with van der Waals surface area (Å²) in [5.41, 5.74) is 4.87. The number of amides is 2. The van der Waals surface area contributed by atoms with Crippen LogP contribution in [0, 0.1) is 5.82 Å². The van der Waals surface area contributed by atoms with E-state index in [0.717, 1.165) is 6.07 Å². The van der Waals surface area contributed by atoms with Crippen LogP contribution in [0.1, 0.15) is 20.7 Å². The van der Waals surface area contributed by atoms with Crippen LogP contribution in [0.15, 0.2) is 40.9 Å². The molecular weight excluding hydrogens is 383 g/mol. The number of ether oxygens (including phenoxy) is 2. The highest BCUT2D eigenvalue weighted by atomic mass is 79.9. The Morgan fingerprint density at radius 1 is 0.958 bits per heavy atom. The predicted octanol–water partition coefficient (Wildman–Crippen LogP) is 2.43. The van der Waals surface area contributed by atoms with Crippen molar-refractivity contribution in [3.05, 3.63) is 57.8 Å². The molecular formula is C16H12BrFN2O4. The van der Waals surface area contributed by atoms with Gasteiger partial charge in [-0.3, -0.25) is 20.4 Å². The van der Waals surface area contributed by atoms with Crippen LogP contribution in [0.3, 0.4) is 0 Å². The van der Waals surface area contributed by atoms with Gasteiger partial charge in [0.15, 0.2) is 11.5 Å². The Morgan fingerprint density at radius 2 is 1.67 bits per heavy atom. The number of hydrazine groups is 1. The van der Waals surface area contributed by atoms with Crippen molar-refractivity contribution in [2.24, 2.45) is 0 Å². The first-order chi connectivity index (χ1) is 11.5. The molecule has 6 nitrogen and oxygen atoms in total. The lowest BCUT2D eigenvalue weighted by atomic mass is 10.2. The van der Waals surface area contributed by atoms with Crippen LogP contribution in [0.2, 0.25) is 0 Å². The molecule has 0 unspecified atom stereocenters. The summed E-state index contributed by atoms with van der Waals surface area (Å²) >= 11 is 3.15. The number of benzene rings is 2. The number of fused-ring (bicyclic) bond motifs is 1. The Bertz CT molecular complexity index is 813. The average Bonchev–Trinajstić information content (AvgIpc) is 2.61. The third kappa shape index (κ3) is 3.48. The van der Waals surface area contributed by atoms with Crippen molar-refractivity contribution in [2.45, 2.75) is 0 Å². The van der Waals surface area contributed by atoms with Crippen LogP contribution in [0.5, 0.6) is 11.5 Å². The standard InChI is InChI=1S/C16H12BrFN2O4/c17-12-3-2-10(18)8-11(12)16(22)20-19-15(21)9-1-4-13-14(7-9)24-6-5-23-13/h1-4,7-8H,5-6H2,(H,19,21)(H,20,22). The normalized spacial score (nSPS) is 12.4. The van der Waals surface area contributed by atoms with Crippen molar-refractivity contribution in [1.29, 1.82) is 0 Å². The van der Waals surface area contributed by atoms with Gasteiger partial charge in [0.25, 0.3) is 11.8 Å². The molecule has 0 radical (unpaired) electrons. The number of hydrogen-bond acceptors (Lipinski definition) is 4. The zero-order valence-electron chi connectivity index (χ0n) is 12.3. The number of rotatable bonds is 2. The van der Waals surface area contributed by atoms with E-state index in [4.69, 9.17) is 9.47 Å². The molecule has 3 rings (SSSR count). The van der Waals surface area contributed by atoms with Crippen LogP contribution < -0.4 is 20.3 Å². The molecule has 1 aliphatic rings. The summed E-state index contributed by atoms with van der Waals surface area (Å²) in [4.78, 5) is 24.1. The summed E-state index contributed by atoms with van der Waals surface area (Å²) in [5, 5.41) is 0. The van der Waals surface area contributed by atoms with Crippen molar-refractivity contribution in [3.8, 4) is 11.5 Å². The number of hydrogen-bond donors (Lipinski definition) is 2. The number of carbonyl (C=O) groups is 2. The molecule has 2 amide bonds. The van der Waals surface area contributed by atoms with Gasteiger partial charge in [-0.15, -0.1) is 0 Å². The summed E-state index contributed by atoms with van der Waals surface area (Å²) in [5.74, 6) is -0.708. The fraction of sp³-hybridized carbons (Fsp3) is 0.125. The Kier molecular flexibility index (Phi) is 4.66. The van der Waals surface area contributed by atoms with Crippen LogP contribution in [-0.4, -0.2) is 25.0 Å². The molecule has 0 saturated carbocycles. The zero-order valence-corrected chi connectivity index (χ0v) is 13.9. The average molecular weight is 395 g/mol. The number of nitrogens with one attached hydrogen (secondary N) is 2. The molecule has 2 N–H and O–H groups in total. The second-order valence-electron chi connectivity index (χ2n) is 4.89. The SMILES string of the molecule is O=C(NNC(=O)c1cc(F)ccc1Br)c1ccc2c(c1)OCCO2. The molecule has 1 heterocycles. The molecule has 124 valence electrons. The van der Waals surface area contributed by atoms with Crippen molar-refractivity contribution < 1.29 is 23.5 Å². The van der Waals surface area contributed by atoms with Gasteiger partial charge in [0, 0.05) is 10.0 Å². The molecule has 0 fully saturated rings. The minimum Gasteiger partial charge on any atom is -0.486 e. The van der Waals surface area contributed by atoms with E-state index in [1.165, 1.54) is 18.2 Å². The third-order valence-corrected chi connectivity index (χ3v) is 3.96. The summed E-state index contributed by atoms with van der Waals surface area (Å²) in [6, 6.07) is 8.38. The maximum atomic E-state index is 13.2. The monoisotopic (exact) mass is 394 g/mol. The molecule has 2 aromatic rings. The lowest BCUT2D eigenvalue weighted by Crippen LogP contribution is -2.41. The van der Waals surface area contributed by atoms with E-state index in [1.54, 1.807) is 12.1 Å². The van der Waals surface area contributed by atoms with Gasteiger partial charge in [0.2, 0.25) is 0 Å². The molecule has 0 atom stereocenters. The second-order valence-corrected chi connectivity index (χ2v) is 5.75. The number of carbonyl (C=O) groups excluding carboxylic acids is 2. The van der Waals surface area contributed by atoms with Crippen molar-refractivity contribution in [3.63, 3.8) is 0 Å². The predicted molar refractivity (Wildman–Crippen MR) is 86.5 cm³/mol. The highest BCUT2D eigenvalue weighted by Crippen LogP contribution is 2.30. The number of halogens is 2. The molecule has 2 aromatic carbocycles. The third-order valence-electron chi connectivity index (χ3n) is 3.27. The van der Waals surface area contributed by atoms with E-state index in [-0.39, 0.29) is 11.1 Å². The van der Waals surface area contributed by atoms with E-state index >= 15 is 0 Å². The van der Waals surface area contributed by atoms with E-state index in [2.05, 4.69) is 26.8 Å². The van der Waals surface area contributed by atoms with Gasteiger partial charge >= 0.3 is 0 Å². The second kappa shape index (κ2) is 6.88. The zero-order chi connectivity index (χ0) is 17.1. The van der Waals surface area contributed by atoms with Gasteiger partial charge in [-0.1, -0.05) is 0 Å². The Hall–Kier alpha value is -2.61. The Labute approximate surface area is 145 Å². The Balaban J connectivity index is 1.67. The molecule has 8 heteroatoms. The lowest BCUT2D eigenvalue weighted by molar-refractivity contribution is 0.0845. The van der Waals surface area contributed by atoms with E-state index in [9.17, 15) is 14.0 Å². The maximum Gasteiger partial charge on any atom is 0.270 e. The summed E-state index contributed by atoms with van der Waals surface area (Å²) in [6.45, 7) is 0.861. The topological polar surface area (TPSA) is 76.7 Å². The highest BCUT2D eigenvalue weighted by Gasteiger charge is 2.16. The molecule has 0 saturated heterocycles. The van der Waals surface area contributed by atoms with Crippen LogP contribution in [0.25, 0.3) is 0 Å². The summed E-state index contributed by atoms with van der Waals surface area (Å²) in [7, 11) is 0. The molecule has 0 spiro atoms. The highest BCUT2D eigenvalue weighted by molar-refractivity contribution is 9.10. The largest absolute Gasteiger partial charge is 0.486 e. The Morgan fingerprint density at radius 3 is 2.46 bits per heavy atom. The molecule has 24 heavy (non-hydrogen) atoms. The first-order valence-corrected chi connectivity index (χ1v) is 7.79. The summed E-state index contributed by atoms with van der Waals surface area (Å²) in [6.07, 6.45) is 0. The van der Waals surface area contributed by atoms with Crippen molar-refractivity contribution >= 4 is 27.7 Å². The maximum absolute atomic E-state index is 13.2. The minimum absolute atomic E-state index is 0.0671. The lowest BCUT2D eigenvalue weighted by Gasteiger charge is -2.18. The first-order valence-electron chi connectivity index (χ1n) is 7.00. The fourth-order valence-electron chi connectivity index (χ4n) is 2.11. The summed E-state index contributed by atoms with van der Waals surface area (Å²) < 4.78 is 24.4. The molecule has 0 aromatic heterocycles. The van der Waals surface area contributed by atoms with E-state index in [0.29, 0.717) is 29.2 Å². The minimum atomic E-state index is -0.646. The van der Waals surface area contributed by atoms with Gasteiger partial charge in [0.05, 0.1) is 5.56 Å². The van der Waals surface area contributed by atoms with Crippen LogP contribution in [-0.2, 0) is 0 Å². The van der Waals surface area contributed by atoms with Crippen molar-refractivity contribution in [1.82, 2.24) is 10.9 Å². The van der Waals surface area contributed by atoms with E-state index < -0.39 is 17.6 Å². The van der Waals surface area contributed by atoms with E-state index in [1.807, 2.05) is 0 Å². The smallest absolute Gasteiger partial charge is 0.270 e.